The molecule has 3 N–H and O–H groups in total. The van der Waals surface area contributed by atoms with Crippen LogP contribution in [-0.4, -0.2) is 18.5 Å². The highest BCUT2D eigenvalue weighted by Gasteiger charge is 2.31. The maximum absolute atomic E-state index is 12.1. The zero-order valence-corrected chi connectivity index (χ0v) is 11.9. The number of carbonyl (C=O) groups excluding carboxylic acids is 1. The minimum absolute atomic E-state index is 0.00609. The standard InChI is InChI=1S/C16H24N2O/c1-16(2,12-7-4-3-5-8-12)11-18-15(19)13-9-6-10-14(13)17/h3-5,7-8,13-14H,6,9-11,17H2,1-2H3,(H,18,19). The van der Waals surface area contributed by atoms with Gasteiger partial charge >= 0.3 is 0 Å². The zero-order chi connectivity index (χ0) is 13.9. The minimum atomic E-state index is -0.0559. The number of hydrogen-bond acceptors (Lipinski definition) is 2. The quantitative estimate of drug-likeness (QED) is 0.872. The molecule has 0 saturated heterocycles. The van der Waals surface area contributed by atoms with Crippen molar-refractivity contribution < 1.29 is 4.79 Å². The third-order valence-corrected chi connectivity index (χ3v) is 4.17. The summed E-state index contributed by atoms with van der Waals surface area (Å²) in [5.74, 6) is 0.126. The molecule has 0 aliphatic heterocycles. The van der Waals surface area contributed by atoms with Crippen molar-refractivity contribution in [1.82, 2.24) is 5.32 Å². The molecule has 0 bridgehead atoms. The fourth-order valence-corrected chi connectivity index (χ4v) is 2.74. The third kappa shape index (κ3) is 3.35. The van der Waals surface area contributed by atoms with Gasteiger partial charge in [-0.05, 0) is 18.4 Å². The van der Waals surface area contributed by atoms with E-state index in [0.29, 0.717) is 6.54 Å². The van der Waals surface area contributed by atoms with Gasteiger partial charge in [-0.2, -0.15) is 0 Å². The number of amides is 1. The average Bonchev–Trinajstić information content (AvgIpc) is 2.83. The number of rotatable bonds is 4. The summed E-state index contributed by atoms with van der Waals surface area (Å²) >= 11 is 0. The fraction of sp³-hybridized carbons (Fsp3) is 0.562. The van der Waals surface area contributed by atoms with Crippen LogP contribution < -0.4 is 11.1 Å². The van der Waals surface area contributed by atoms with E-state index >= 15 is 0 Å². The molecule has 104 valence electrons. The Morgan fingerprint density at radius 2 is 2.00 bits per heavy atom. The van der Waals surface area contributed by atoms with Crippen molar-refractivity contribution in [3.8, 4) is 0 Å². The Hall–Kier alpha value is -1.35. The number of hydrogen-bond donors (Lipinski definition) is 2. The van der Waals surface area contributed by atoms with E-state index in [1.54, 1.807) is 0 Å². The molecule has 3 heteroatoms. The Morgan fingerprint density at radius 3 is 2.58 bits per heavy atom. The van der Waals surface area contributed by atoms with Crippen LogP contribution in [0.5, 0.6) is 0 Å². The van der Waals surface area contributed by atoms with Crippen LogP contribution in [0.1, 0.15) is 38.7 Å². The maximum Gasteiger partial charge on any atom is 0.224 e. The molecular weight excluding hydrogens is 236 g/mol. The molecule has 1 fully saturated rings. The Morgan fingerprint density at radius 1 is 1.32 bits per heavy atom. The molecule has 19 heavy (non-hydrogen) atoms. The Bertz CT molecular complexity index is 428. The van der Waals surface area contributed by atoms with Crippen LogP contribution in [0.2, 0.25) is 0 Å². The molecule has 1 aromatic rings. The van der Waals surface area contributed by atoms with Crippen LogP contribution in [0.25, 0.3) is 0 Å². The first-order valence-corrected chi connectivity index (χ1v) is 7.09. The summed E-state index contributed by atoms with van der Waals surface area (Å²) in [5, 5.41) is 3.07. The lowest BCUT2D eigenvalue weighted by atomic mass is 9.84. The van der Waals surface area contributed by atoms with Crippen molar-refractivity contribution in [1.29, 1.82) is 0 Å². The summed E-state index contributed by atoms with van der Waals surface area (Å²) in [4.78, 5) is 12.1. The van der Waals surface area contributed by atoms with Gasteiger partial charge < -0.3 is 11.1 Å². The van der Waals surface area contributed by atoms with Crippen LogP contribution in [0, 0.1) is 5.92 Å². The number of benzene rings is 1. The van der Waals surface area contributed by atoms with E-state index < -0.39 is 0 Å². The van der Waals surface area contributed by atoms with Gasteiger partial charge in [-0.1, -0.05) is 50.6 Å². The second-order valence-corrected chi connectivity index (χ2v) is 6.17. The molecule has 2 atom stereocenters. The average molecular weight is 260 g/mol. The zero-order valence-electron chi connectivity index (χ0n) is 11.9. The second-order valence-electron chi connectivity index (χ2n) is 6.17. The lowest BCUT2D eigenvalue weighted by Crippen LogP contribution is -2.43. The smallest absolute Gasteiger partial charge is 0.224 e. The van der Waals surface area contributed by atoms with Gasteiger partial charge in [0.2, 0.25) is 5.91 Å². The van der Waals surface area contributed by atoms with Gasteiger partial charge in [0.15, 0.2) is 0 Å². The van der Waals surface area contributed by atoms with Crippen molar-refractivity contribution in [2.75, 3.05) is 6.54 Å². The van der Waals surface area contributed by atoms with Crippen LogP contribution in [0.3, 0.4) is 0 Å². The van der Waals surface area contributed by atoms with Crippen molar-refractivity contribution in [2.45, 2.75) is 44.6 Å². The second kappa shape index (κ2) is 5.74. The van der Waals surface area contributed by atoms with Gasteiger partial charge in [-0.25, -0.2) is 0 Å². The molecule has 0 aromatic heterocycles. The lowest BCUT2D eigenvalue weighted by Gasteiger charge is -2.27. The van der Waals surface area contributed by atoms with E-state index in [1.165, 1.54) is 5.56 Å². The lowest BCUT2D eigenvalue weighted by molar-refractivity contribution is -0.125. The van der Waals surface area contributed by atoms with E-state index in [4.69, 9.17) is 5.73 Å². The maximum atomic E-state index is 12.1. The molecule has 0 spiro atoms. The van der Waals surface area contributed by atoms with Gasteiger partial charge in [-0.3, -0.25) is 4.79 Å². The van der Waals surface area contributed by atoms with Crippen LogP contribution in [0.15, 0.2) is 30.3 Å². The molecule has 1 aromatic carbocycles. The van der Waals surface area contributed by atoms with Crippen LogP contribution >= 0.6 is 0 Å². The molecule has 1 amide bonds. The topological polar surface area (TPSA) is 55.1 Å². The molecule has 1 aliphatic rings. The SMILES string of the molecule is CC(C)(CNC(=O)C1CCCC1N)c1ccccc1. The summed E-state index contributed by atoms with van der Waals surface area (Å²) in [6.45, 7) is 4.95. The molecule has 0 heterocycles. The van der Waals surface area contributed by atoms with Crippen LogP contribution in [0.4, 0.5) is 0 Å². The van der Waals surface area contributed by atoms with Gasteiger partial charge in [0, 0.05) is 18.0 Å². The predicted molar refractivity (Wildman–Crippen MR) is 77.8 cm³/mol. The largest absolute Gasteiger partial charge is 0.355 e. The summed E-state index contributed by atoms with van der Waals surface area (Å²) in [6, 6.07) is 10.3. The molecule has 1 saturated carbocycles. The number of nitrogens with two attached hydrogens (primary N) is 1. The highest BCUT2D eigenvalue weighted by Crippen LogP contribution is 2.25. The molecule has 0 radical (unpaired) electrons. The number of nitrogens with one attached hydrogen (secondary N) is 1. The van der Waals surface area contributed by atoms with E-state index in [1.807, 2.05) is 18.2 Å². The molecule has 2 rings (SSSR count). The van der Waals surface area contributed by atoms with Crippen molar-refractivity contribution in [3.05, 3.63) is 35.9 Å². The van der Waals surface area contributed by atoms with Gasteiger partial charge in [0.1, 0.15) is 0 Å². The molecular formula is C16H24N2O. The van der Waals surface area contributed by atoms with E-state index in [-0.39, 0.29) is 23.3 Å². The minimum Gasteiger partial charge on any atom is -0.355 e. The normalized spacial score (nSPS) is 23.3. The first kappa shape index (κ1) is 14.1. The molecule has 2 unspecified atom stereocenters. The van der Waals surface area contributed by atoms with E-state index in [2.05, 4.69) is 31.3 Å². The summed E-state index contributed by atoms with van der Waals surface area (Å²) in [6.07, 6.45) is 2.97. The van der Waals surface area contributed by atoms with Crippen molar-refractivity contribution in [3.63, 3.8) is 0 Å². The van der Waals surface area contributed by atoms with Crippen molar-refractivity contribution >= 4 is 5.91 Å². The van der Waals surface area contributed by atoms with E-state index in [0.717, 1.165) is 19.3 Å². The third-order valence-electron chi connectivity index (χ3n) is 4.17. The predicted octanol–water partition coefficient (Wildman–Crippen LogP) is 2.21. The fourth-order valence-electron chi connectivity index (χ4n) is 2.74. The van der Waals surface area contributed by atoms with E-state index in [9.17, 15) is 4.79 Å². The summed E-state index contributed by atoms with van der Waals surface area (Å²) < 4.78 is 0. The summed E-state index contributed by atoms with van der Waals surface area (Å²) in [5.41, 5.74) is 7.16. The molecule has 3 nitrogen and oxygen atoms in total. The first-order chi connectivity index (χ1) is 9.00. The van der Waals surface area contributed by atoms with Gasteiger partial charge in [0.25, 0.3) is 0 Å². The Balaban J connectivity index is 1.93. The van der Waals surface area contributed by atoms with Gasteiger partial charge in [-0.15, -0.1) is 0 Å². The highest BCUT2D eigenvalue weighted by molar-refractivity contribution is 5.79. The number of carbonyl (C=O) groups is 1. The highest BCUT2D eigenvalue weighted by atomic mass is 16.1. The van der Waals surface area contributed by atoms with Crippen molar-refractivity contribution in [2.24, 2.45) is 11.7 Å². The summed E-state index contributed by atoms with van der Waals surface area (Å²) in [7, 11) is 0. The Kier molecular flexibility index (Phi) is 4.25. The Labute approximate surface area is 115 Å². The monoisotopic (exact) mass is 260 g/mol. The molecule has 1 aliphatic carbocycles. The first-order valence-electron chi connectivity index (χ1n) is 7.09. The van der Waals surface area contributed by atoms with Gasteiger partial charge in [0.05, 0.1) is 5.92 Å². The van der Waals surface area contributed by atoms with Crippen LogP contribution in [-0.2, 0) is 10.2 Å².